The summed E-state index contributed by atoms with van der Waals surface area (Å²) in [6.07, 6.45) is 0. The molecule has 0 atom stereocenters. The molecule has 0 unspecified atom stereocenters. The first-order valence-electron chi connectivity index (χ1n) is 10.5. The lowest BCUT2D eigenvalue weighted by atomic mass is 10.0. The Kier molecular flexibility index (Phi) is 5.94. The van der Waals surface area contributed by atoms with Crippen LogP contribution in [0.25, 0.3) is 22.3 Å². The van der Waals surface area contributed by atoms with Crippen molar-refractivity contribution in [1.29, 1.82) is 0 Å². The van der Waals surface area contributed by atoms with Gasteiger partial charge in [-0.2, -0.15) is 0 Å². The molecule has 0 aliphatic heterocycles. The maximum absolute atomic E-state index is 6.60. The maximum Gasteiger partial charge on any atom is 0.151 e. The number of nitrogens with zero attached hydrogens (tertiary/aromatic N) is 2. The third kappa shape index (κ3) is 4.26. The van der Waals surface area contributed by atoms with Gasteiger partial charge in [0, 0.05) is 39.3 Å². The van der Waals surface area contributed by atoms with E-state index in [1.165, 1.54) is 11.1 Å². The minimum absolute atomic E-state index is 0.833. The average Bonchev–Trinajstić information content (AvgIpc) is 2.79. The van der Waals surface area contributed by atoms with Crippen LogP contribution in [0.15, 0.2) is 97.1 Å². The van der Waals surface area contributed by atoms with E-state index >= 15 is 0 Å². The molecular formula is C28H28N2O. The molecule has 0 saturated heterocycles. The van der Waals surface area contributed by atoms with Gasteiger partial charge in [0.15, 0.2) is 11.5 Å². The lowest BCUT2D eigenvalue weighted by Crippen LogP contribution is -2.13. The van der Waals surface area contributed by atoms with E-state index in [9.17, 15) is 0 Å². The molecule has 0 aliphatic rings. The van der Waals surface area contributed by atoms with Gasteiger partial charge in [-0.3, -0.25) is 0 Å². The molecule has 3 nitrogen and oxygen atoms in total. The molecule has 3 heteroatoms. The monoisotopic (exact) mass is 408 g/mol. The zero-order valence-electron chi connectivity index (χ0n) is 18.5. The van der Waals surface area contributed by atoms with Crippen LogP contribution in [0, 0.1) is 0 Å². The second kappa shape index (κ2) is 8.97. The number of hydrogen-bond donors (Lipinski definition) is 0. The van der Waals surface area contributed by atoms with Crippen molar-refractivity contribution in [2.75, 3.05) is 38.0 Å². The van der Waals surface area contributed by atoms with Gasteiger partial charge in [-0.05, 0) is 23.3 Å². The van der Waals surface area contributed by atoms with Crippen molar-refractivity contribution in [2.24, 2.45) is 0 Å². The predicted octanol–water partition coefficient (Wildman–Crippen LogP) is 6.94. The first kappa shape index (κ1) is 20.5. The fraction of sp³-hybridized carbons (Fsp3) is 0.143. The van der Waals surface area contributed by atoms with Crippen LogP contribution in [-0.2, 0) is 0 Å². The van der Waals surface area contributed by atoms with Crippen LogP contribution in [-0.4, -0.2) is 28.2 Å². The summed E-state index contributed by atoms with van der Waals surface area (Å²) in [6.45, 7) is 0. The SMILES string of the molecule is CN(C)c1c(Oc2cccc(-c3ccccc3)c2N(C)C)cccc1-c1ccccc1. The maximum atomic E-state index is 6.60. The van der Waals surface area contributed by atoms with Crippen LogP contribution in [0.1, 0.15) is 0 Å². The van der Waals surface area contributed by atoms with Crippen molar-refractivity contribution in [3.8, 4) is 33.8 Å². The van der Waals surface area contributed by atoms with E-state index in [-0.39, 0.29) is 0 Å². The Hall–Kier alpha value is -3.72. The number of ether oxygens (including phenoxy) is 1. The lowest BCUT2D eigenvalue weighted by Gasteiger charge is -2.25. The minimum atomic E-state index is 0.833. The first-order valence-corrected chi connectivity index (χ1v) is 10.5. The molecule has 0 amide bonds. The smallest absolute Gasteiger partial charge is 0.151 e. The first-order chi connectivity index (χ1) is 15.1. The number of rotatable bonds is 6. The van der Waals surface area contributed by atoms with Crippen molar-refractivity contribution in [1.82, 2.24) is 0 Å². The summed E-state index contributed by atoms with van der Waals surface area (Å²) in [5, 5.41) is 0. The van der Waals surface area contributed by atoms with Crippen LogP contribution in [0.5, 0.6) is 11.5 Å². The molecule has 4 aromatic rings. The molecule has 0 N–H and O–H groups in total. The molecule has 31 heavy (non-hydrogen) atoms. The van der Waals surface area contributed by atoms with E-state index in [0.29, 0.717) is 0 Å². The molecule has 0 radical (unpaired) electrons. The van der Waals surface area contributed by atoms with E-state index in [0.717, 1.165) is 34.0 Å². The van der Waals surface area contributed by atoms with Gasteiger partial charge < -0.3 is 14.5 Å². The topological polar surface area (TPSA) is 15.7 Å². The minimum Gasteiger partial charge on any atom is -0.453 e. The molecule has 0 saturated carbocycles. The van der Waals surface area contributed by atoms with E-state index in [2.05, 4.69) is 111 Å². The molecule has 0 bridgehead atoms. The van der Waals surface area contributed by atoms with Crippen molar-refractivity contribution < 1.29 is 4.74 Å². The highest BCUT2D eigenvalue weighted by Crippen LogP contribution is 2.44. The van der Waals surface area contributed by atoms with E-state index in [1.807, 2.05) is 24.3 Å². The molecule has 0 aromatic heterocycles. The second-order valence-corrected chi connectivity index (χ2v) is 7.93. The quantitative estimate of drug-likeness (QED) is 0.343. The zero-order chi connectivity index (χ0) is 21.8. The third-order valence-electron chi connectivity index (χ3n) is 5.28. The largest absolute Gasteiger partial charge is 0.453 e. The number of hydrogen-bond acceptors (Lipinski definition) is 3. The third-order valence-corrected chi connectivity index (χ3v) is 5.28. The van der Waals surface area contributed by atoms with Gasteiger partial charge in [-0.25, -0.2) is 0 Å². The van der Waals surface area contributed by atoms with Gasteiger partial charge in [-0.1, -0.05) is 84.9 Å². The Balaban J connectivity index is 1.84. The Labute approximate surface area is 185 Å². The van der Waals surface area contributed by atoms with Gasteiger partial charge in [0.25, 0.3) is 0 Å². The summed E-state index contributed by atoms with van der Waals surface area (Å²) in [5.74, 6) is 1.67. The Bertz CT molecular complexity index is 1060. The summed E-state index contributed by atoms with van der Waals surface area (Å²) in [5.41, 5.74) is 6.75. The summed E-state index contributed by atoms with van der Waals surface area (Å²) < 4.78 is 6.60. The molecule has 156 valence electrons. The summed E-state index contributed by atoms with van der Waals surface area (Å²) in [4.78, 5) is 4.24. The van der Waals surface area contributed by atoms with Gasteiger partial charge in [0.1, 0.15) is 0 Å². The molecule has 0 spiro atoms. The predicted molar refractivity (Wildman–Crippen MR) is 132 cm³/mol. The highest BCUT2D eigenvalue weighted by atomic mass is 16.5. The molecule has 0 fully saturated rings. The van der Waals surface area contributed by atoms with E-state index < -0.39 is 0 Å². The van der Waals surface area contributed by atoms with E-state index in [4.69, 9.17) is 4.74 Å². The normalized spacial score (nSPS) is 10.6. The van der Waals surface area contributed by atoms with E-state index in [1.54, 1.807) is 0 Å². The van der Waals surface area contributed by atoms with Gasteiger partial charge in [0.2, 0.25) is 0 Å². The molecular weight excluding hydrogens is 380 g/mol. The average molecular weight is 409 g/mol. The Morgan fingerprint density at radius 1 is 0.452 bits per heavy atom. The zero-order valence-corrected chi connectivity index (χ0v) is 18.5. The molecule has 4 aromatic carbocycles. The molecule has 4 rings (SSSR count). The van der Waals surface area contributed by atoms with Crippen LogP contribution in [0.2, 0.25) is 0 Å². The highest BCUT2D eigenvalue weighted by Gasteiger charge is 2.18. The Morgan fingerprint density at radius 2 is 0.839 bits per heavy atom. The summed E-state index contributed by atoms with van der Waals surface area (Å²) >= 11 is 0. The fourth-order valence-electron chi connectivity index (χ4n) is 3.95. The van der Waals surface area contributed by atoms with Crippen molar-refractivity contribution in [3.63, 3.8) is 0 Å². The van der Waals surface area contributed by atoms with Crippen LogP contribution in [0.3, 0.4) is 0 Å². The number of para-hydroxylation sites is 2. The van der Waals surface area contributed by atoms with Crippen molar-refractivity contribution >= 4 is 11.4 Å². The number of anilines is 2. The summed E-state index contributed by atoms with van der Waals surface area (Å²) in [6, 6.07) is 33.3. The number of benzene rings is 4. The van der Waals surface area contributed by atoms with Crippen molar-refractivity contribution in [3.05, 3.63) is 97.1 Å². The summed E-state index contributed by atoms with van der Waals surface area (Å²) in [7, 11) is 8.23. The van der Waals surface area contributed by atoms with Crippen LogP contribution >= 0.6 is 0 Å². The molecule has 0 heterocycles. The van der Waals surface area contributed by atoms with Gasteiger partial charge in [0.05, 0.1) is 11.4 Å². The second-order valence-electron chi connectivity index (χ2n) is 7.93. The van der Waals surface area contributed by atoms with Gasteiger partial charge in [-0.15, -0.1) is 0 Å². The standard InChI is InChI=1S/C28H28N2O/c1-29(2)27-23(21-13-7-5-8-14-21)17-11-19-25(27)31-26-20-12-18-24(28(26)30(3)4)22-15-9-6-10-16-22/h5-20H,1-4H3. The fourth-order valence-corrected chi connectivity index (χ4v) is 3.95. The highest BCUT2D eigenvalue weighted by molar-refractivity contribution is 5.85. The van der Waals surface area contributed by atoms with Crippen LogP contribution < -0.4 is 14.5 Å². The van der Waals surface area contributed by atoms with Crippen molar-refractivity contribution in [2.45, 2.75) is 0 Å². The van der Waals surface area contributed by atoms with Crippen LogP contribution in [0.4, 0.5) is 11.4 Å². The lowest BCUT2D eigenvalue weighted by molar-refractivity contribution is 0.483. The molecule has 0 aliphatic carbocycles. The Morgan fingerprint density at radius 3 is 1.19 bits per heavy atom. The van der Waals surface area contributed by atoms with Gasteiger partial charge >= 0.3 is 0 Å².